The third-order valence-corrected chi connectivity index (χ3v) is 1.15. The van der Waals surface area contributed by atoms with Gasteiger partial charge in [-0.2, -0.15) is 0 Å². The fraction of sp³-hybridized carbons (Fsp3) is 0.667. The lowest BCUT2D eigenvalue weighted by Crippen LogP contribution is -2.10. The predicted octanol–water partition coefficient (Wildman–Crippen LogP) is 1.88. The Morgan fingerprint density at radius 2 is 1.67 bits per heavy atom. The van der Waals surface area contributed by atoms with Crippen molar-refractivity contribution in [3.8, 4) is 0 Å². The van der Waals surface area contributed by atoms with Crippen LogP contribution in [0.4, 0.5) is 0 Å². The zero-order valence-electron chi connectivity index (χ0n) is 7.76. The van der Waals surface area contributed by atoms with Crippen LogP contribution in [0.1, 0.15) is 26.7 Å². The first kappa shape index (κ1) is 11.0. The lowest BCUT2D eigenvalue weighted by atomic mass is 10.5. The van der Waals surface area contributed by atoms with Crippen LogP contribution in [0.2, 0.25) is 0 Å². The van der Waals surface area contributed by atoms with Crippen LogP contribution in [0.3, 0.4) is 0 Å². The first-order valence-corrected chi connectivity index (χ1v) is 4.21. The molecule has 0 aliphatic heterocycles. The van der Waals surface area contributed by atoms with Crippen molar-refractivity contribution >= 4 is 5.97 Å². The van der Waals surface area contributed by atoms with Crippen molar-refractivity contribution in [2.24, 2.45) is 0 Å². The Labute approximate surface area is 73.4 Å². The van der Waals surface area contributed by atoms with Crippen molar-refractivity contribution < 1.29 is 14.3 Å². The zero-order chi connectivity index (χ0) is 9.40. The molecule has 0 aromatic heterocycles. The molecule has 0 unspecified atom stereocenters. The van der Waals surface area contributed by atoms with Crippen LogP contribution in [0.15, 0.2) is 12.3 Å². The summed E-state index contributed by atoms with van der Waals surface area (Å²) < 4.78 is 9.77. The molecule has 0 atom stereocenters. The summed E-state index contributed by atoms with van der Waals surface area (Å²) in [6, 6.07) is 0. The molecule has 0 heterocycles. The quantitative estimate of drug-likeness (QED) is 0.348. The van der Waals surface area contributed by atoms with Crippen LogP contribution < -0.4 is 0 Å². The van der Waals surface area contributed by atoms with Crippen LogP contribution in [0, 0.1) is 0 Å². The lowest BCUT2D eigenvalue weighted by Gasteiger charge is -2.06. The average molecular weight is 172 g/mol. The number of carbonyl (C=O) groups is 1. The van der Waals surface area contributed by atoms with Gasteiger partial charge in [-0.15, -0.1) is 0 Å². The van der Waals surface area contributed by atoms with Gasteiger partial charge in [0.25, 0.3) is 0 Å². The molecule has 12 heavy (non-hydrogen) atoms. The summed E-state index contributed by atoms with van der Waals surface area (Å²) in [5.41, 5.74) is 0. The Morgan fingerprint density at radius 1 is 1.17 bits per heavy atom. The fourth-order valence-electron chi connectivity index (χ4n) is 0.559. The van der Waals surface area contributed by atoms with Crippen molar-refractivity contribution in [1.29, 1.82) is 0 Å². The standard InChI is InChI=1S/C9H16O3/c1-4-6-11-8(3)9(10)12-7-5-2/h3-7H2,1-2H3. The van der Waals surface area contributed by atoms with E-state index in [1.54, 1.807) is 0 Å². The summed E-state index contributed by atoms with van der Waals surface area (Å²) in [6.07, 6.45) is 1.67. The second-order valence-electron chi connectivity index (χ2n) is 2.41. The first-order valence-electron chi connectivity index (χ1n) is 4.21. The topological polar surface area (TPSA) is 35.5 Å². The fourth-order valence-corrected chi connectivity index (χ4v) is 0.559. The Balaban J connectivity index is 3.55. The van der Waals surface area contributed by atoms with E-state index in [0.717, 1.165) is 12.8 Å². The minimum atomic E-state index is -0.453. The van der Waals surface area contributed by atoms with E-state index in [1.165, 1.54) is 0 Å². The minimum Gasteiger partial charge on any atom is -0.487 e. The van der Waals surface area contributed by atoms with E-state index in [-0.39, 0.29) is 5.76 Å². The van der Waals surface area contributed by atoms with Crippen LogP contribution in [-0.4, -0.2) is 19.2 Å². The average Bonchev–Trinajstić information content (AvgIpc) is 2.10. The van der Waals surface area contributed by atoms with Gasteiger partial charge >= 0.3 is 5.97 Å². The predicted molar refractivity (Wildman–Crippen MR) is 46.6 cm³/mol. The van der Waals surface area contributed by atoms with Gasteiger partial charge in [0, 0.05) is 0 Å². The molecular formula is C9H16O3. The SMILES string of the molecule is C=C(OCCC)C(=O)OCCC. The normalized spacial score (nSPS) is 9.17. The Kier molecular flexibility index (Phi) is 6.15. The van der Waals surface area contributed by atoms with Gasteiger partial charge in [-0.05, 0) is 19.4 Å². The molecule has 0 bridgehead atoms. The van der Waals surface area contributed by atoms with E-state index in [9.17, 15) is 4.79 Å². The number of ether oxygens (including phenoxy) is 2. The van der Waals surface area contributed by atoms with Crippen LogP contribution >= 0.6 is 0 Å². The molecular weight excluding hydrogens is 156 g/mol. The molecule has 0 saturated heterocycles. The molecule has 0 amide bonds. The molecule has 3 heteroatoms. The van der Waals surface area contributed by atoms with Crippen molar-refractivity contribution in [2.75, 3.05) is 13.2 Å². The molecule has 0 rings (SSSR count). The van der Waals surface area contributed by atoms with Gasteiger partial charge in [-0.1, -0.05) is 13.8 Å². The van der Waals surface area contributed by atoms with Gasteiger partial charge in [0.15, 0.2) is 5.76 Å². The maximum Gasteiger partial charge on any atom is 0.372 e. The molecule has 0 aliphatic rings. The van der Waals surface area contributed by atoms with Gasteiger partial charge < -0.3 is 9.47 Å². The van der Waals surface area contributed by atoms with E-state index in [2.05, 4.69) is 6.58 Å². The lowest BCUT2D eigenvalue weighted by molar-refractivity contribution is -0.143. The molecule has 0 aliphatic carbocycles. The Morgan fingerprint density at radius 3 is 2.17 bits per heavy atom. The molecule has 0 fully saturated rings. The maximum absolute atomic E-state index is 11.0. The summed E-state index contributed by atoms with van der Waals surface area (Å²) in [5, 5.41) is 0. The van der Waals surface area contributed by atoms with Crippen LogP contribution in [0.25, 0.3) is 0 Å². The van der Waals surface area contributed by atoms with Crippen LogP contribution in [0.5, 0.6) is 0 Å². The molecule has 0 aromatic carbocycles. The van der Waals surface area contributed by atoms with Gasteiger partial charge in [-0.25, -0.2) is 4.79 Å². The largest absolute Gasteiger partial charge is 0.487 e. The summed E-state index contributed by atoms with van der Waals surface area (Å²) in [6.45, 7) is 8.28. The van der Waals surface area contributed by atoms with Crippen LogP contribution in [-0.2, 0) is 14.3 Å². The van der Waals surface area contributed by atoms with E-state index in [1.807, 2.05) is 13.8 Å². The van der Waals surface area contributed by atoms with E-state index >= 15 is 0 Å². The molecule has 0 spiro atoms. The van der Waals surface area contributed by atoms with E-state index in [0.29, 0.717) is 13.2 Å². The zero-order valence-corrected chi connectivity index (χ0v) is 7.76. The first-order chi connectivity index (χ1) is 5.72. The van der Waals surface area contributed by atoms with Crippen molar-refractivity contribution in [3.05, 3.63) is 12.3 Å². The third-order valence-electron chi connectivity index (χ3n) is 1.15. The molecule has 3 nitrogen and oxygen atoms in total. The number of rotatable bonds is 6. The molecule has 0 N–H and O–H groups in total. The van der Waals surface area contributed by atoms with E-state index in [4.69, 9.17) is 9.47 Å². The third kappa shape index (κ3) is 4.77. The summed E-state index contributed by atoms with van der Waals surface area (Å²) in [5.74, 6) is -0.351. The molecule has 70 valence electrons. The van der Waals surface area contributed by atoms with Crippen molar-refractivity contribution in [1.82, 2.24) is 0 Å². The summed E-state index contributed by atoms with van der Waals surface area (Å²) in [4.78, 5) is 11.0. The van der Waals surface area contributed by atoms with Gasteiger partial charge in [-0.3, -0.25) is 0 Å². The minimum absolute atomic E-state index is 0.102. The molecule has 0 saturated carbocycles. The smallest absolute Gasteiger partial charge is 0.372 e. The molecule has 0 aromatic rings. The monoisotopic (exact) mass is 172 g/mol. The highest BCUT2D eigenvalue weighted by molar-refractivity contribution is 5.85. The summed E-state index contributed by atoms with van der Waals surface area (Å²) >= 11 is 0. The van der Waals surface area contributed by atoms with Crippen molar-refractivity contribution in [2.45, 2.75) is 26.7 Å². The second-order valence-corrected chi connectivity index (χ2v) is 2.41. The van der Waals surface area contributed by atoms with Gasteiger partial charge in [0.1, 0.15) is 0 Å². The summed E-state index contributed by atoms with van der Waals surface area (Å²) in [7, 11) is 0. The highest BCUT2D eigenvalue weighted by Gasteiger charge is 2.07. The van der Waals surface area contributed by atoms with Crippen molar-refractivity contribution in [3.63, 3.8) is 0 Å². The van der Waals surface area contributed by atoms with Gasteiger partial charge in [0.2, 0.25) is 0 Å². The Hall–Kier alpha value is -0.990. The van der Waals surface area contributed by atoms with Gasteiger partial charge in [0.05, 0.1) is 13.2 Å². The number of hydrogen-bond acceptors (Lipinski definition) is 3. The van der Waals surface area contributed by atoms with E-state index < -0.39 is 5.97 Å². The molecule has 0 radical (unpaired) electrons. The number of esters is 1. The highest BCUT2D eigenvalue weighted by Crippen LogP contribution is 1.98. The number of hydrogen-bond donors (Lipinski definition) is 0. The maximum atomic E-state index is 11.0. The number of carbonyl (C=O) groups excluding carboxylic acids is 1. The second kappa shape index (κ2) is 6.70. The Bertz CT molecular complexity index is 134. The highest BCUT2D eigenvalue weighted by atomic mass is 16.6.